The highest BCUT2D eigenvalue weighted by atomic mass is 79.9. The summed E-state index contributed by atoms with van der Waals surface area (Å²) < 4.78 is 12.0. The molecule has 0 fully saturated rings. The van der Waals surface area contributed by atoms with Crippen LogP contribution in [0.25, 0.3) is 0 Å². The second kappa shape index (κ2) is 7.15. The lowest BCUT2D eigenvalue weighted by molar-refractivity contribution is 0.347. The molecule has 1 unspecified atom stereocenters. The predicted molar refractivity (Wildman–Crippen MR) is 83.4 cm³/mol. The van der Waals surface area contributed by atoms with Gasteiger partial charge < -0.3 is 15.2 Å². The molecule has 0 aliphatic heterocycles. The largest absolute Gasteiger partial charge is 0.493 e. The Morgan fingerprint density at radius 2 is 1.74 bits per heavy atom. The van der Waals surface area contributed by atoms with Gasteiger partial charge in [-0.3, -0.25) is 0 Å². The normalized spacial score (nSPS) is 12.6. The molecule has 3 nitrogen and oxygen atoms in total. The molecule has 0 saturated heterocycles. The van der Waals surface area contributed by atoms with Crippen LogP contribution in [0.2, 0.25) is 0 Å². The summed E-state index contributed by atoms with van der Waals surface area (Å²) in [6.45, 7) is 7.23. The van der Waals surface area contributed by atoms with Gasteiger partial charge in [-0.1, -0.05) is 20.8 Å². The Hall–Kier alpha value is -0.740. The highest BCUT2D eigenvalue weighted by molar-refractivity contribution is 9.10. The van der Waals surface area contributed by atoms with E-state index < -0.39 is 0 Å². The number of rotatable bonds is 6. The molecular formula is C15H24BrNO2. The standard InChI is InChI=1S/C15H24BrNO2/c1-9(2)13-11(10(3)6-7-17)8-12(16)14(18-4)15(13)19-5/h8-10H,6-7,17H2,1-5H3. The molecule has 0 bridgehead atoms. The SMILES string of the molecule is COc1c(Br)cc(C(C)CCN)c(C(C)C)c1OC. The molecule has 0 amide bonds. The Labute approximate surface area is 124 Å². The van der Waals surface area contributed by atoms with Gasteiger partial charge in [-0.25, -0.2) is 0 Å². The van der Waals surface area contributed by atoms with E-state index >= 15 is 0 Å². The minimum atomic E-state index is 0.368. The number of methoxy groups -OCH3 is 2. The van der Waals surface area contributed by atoms with Crippen LogP contribution in [-0.4, -0.2) is 20.8 Å². The van der Waals surface area contributed by atoms with Crippen molar-refractivity contribution in [3.8, 4) is 11.5 Å². The van der Waals surface area contributed by atoms with Crippen molar-refractivity contribution < 1.29 is 9.47 Å². The van der Waals surface area contributed by atoms with Gasteiger partial charge in [0.2, 0.25) is 0 Å². The zero-order valence-corrected chi connectivity index (χ0v) is 14.0. The van der Waals surface area contributed by atoms with E-state index in [-0.39, 0.29) is 0 Å². The molecule has 1 rings (SSSR count). The fourth-order valence-corrected chi connectivity index (χ4v) is 3.03. The number of hydrogen-bond donors (Lipinski definition) is 1. The van der Waals surface area contributed by atoms with E-state index in [2.05, 4.69) is 42.8 Å². The molecule has 0 spiro atoms. The minimum Gasteiger partial charge on any atom is -0.493 e. The second-order valence-corrected chi connectivity index (χ2v) is 5.92. The lowest BCUT2D eigenvalue weighted by Crippen LogP contribution is -2.09. The summed E-state index contributed by atoms with van der Waals surface area (Å²) in [5.41, 5.74) is 8.18. The van der Waals surface area contributed by atoms with Gasteiger partial charge >= 0.3 is 0 Å². The van der Waals surface area contributed by atoms with Gasteiger partial charge in [-0.05, 0) is 52.4 Å². The summed E-state index contributed by atoms with van der Waals surface area (Å²) in [6.07, 6.45) is 0.960. The van der Waals surface area contributed by atoms with Crippen LogP contribution in [0.1, 0.15) is 50.2 Å². The fourth-order valence-electron chi connectivity index (χ4n) is 2.44. The summed E-state index contributed by atoms with van der Waals surface area (Å²) in [5, 5.41) is 0. The first-order chi connectivity index (χ1) is 8.97. The van der Waals surface area contributed by atoms with Crippen LogP contribution in [0.5, 0.6) is 11.5 Å². The third-order valence-corrected chi connectivity index (χ3v) is 3.97. The third-order valence-electron chi connectivity index (χ3n) is 3.38. The summed E-state index contributed by atoms with van der Waals surface area (Å²) in [7, 11) is 3.35. The van der Waals surface area contributed by atoms with E-state index in [0.717, 1.165) is 22.4 Å². The maximum atomic E-state index is 5.69. The third kappa shape index (κ3) is 3.42. The van der Waals surface area contributed by atoms with Crippen molar-refractivity contribution in [2.24, 2.45) is 5.73 Å². The monoisotopic (exact) mass is 329 g/mol. The summed E-state index contributed by atoms with van der Waals surface area (Å²) in [5.74, 6) is 2.35. The van der Waals surface area contributed by atoms with Crippen molar-refractivity contribution in [1.82, 2.24) is 0 Å². The minimum absolute atomic E-state index is 0.368. The molecule has 1 aromatic rings. The van der Waals surface area contributed by atoms with Crippen LogP contribution in [0.4, 0.5) is 0 Å². The van der Waals surface area contributed by atoms with Crippen molar-refractivity contribution >= 4 is 15.9 Å². The van der Waals surface area contributed by atoms with Crippen molar-refractivity contribution in [3.63, 3.8) is 0 Å². The molecule has 2 N–H and O–H groups in total. The first-order valence-corrected chi connectivity index (χ1v) is 7.41. The maximum Gasteiger partial charge on any atom is 0.175 e. The zero-order valence-electron chi connectivity index (χ0n) is 12.4. The molecule has 0 heterocycles. The average molecular weight is 330 g/mol. The molecule has 108 valence electrons. The van der Waals surface area contributed by atoms with Gasteiger partial charge in [-0.2, -0.15) is 0 Å². The molecule has 19 heavy (non-hydrogen) atoms. The van der Waals surface area contributed by atoms with Crippen LogP contribution < -0.4 is 15.2 Å². The molecule has 0 aromatic heterocycles. The Kier molecular flexibility index (Phi) is 6.14. The van der Waals surface area contributed by atoms with Crippen molar-refractivity contribution in [2.75, 3.05) is 20.8 Å². The lowest BCUT2D eigenvalue weighted by atomic mass is 9.87. The predicted octanol–water partition coefficient (Wildman–Crippen LogP) is 4.04. The number of hydrogen-bond acceptors (Lipinski definition) is 3. The molecule has 0 aliphatic carbocycles. The van der Waals surface area contributed by atoms with Crippen molar-refractivity contribution in [2.45, 2.75) is 39.0 Å². The fraction of sp³-hybridized carbons (Fsp3) is 0.600. The van der Waals surface area contributed by atoms with Gasteiger partial charge in [0.15, 0.2) is 11.5 Å². The highest BCUT2D eigenvalue weighted by Crippen LogP contribution is 2.45. The zero-order chi connectivity index (χ0) is 14.6. The quantitative estimate of drug-likeness (QED) is 0.856. The van der Waals surface area contributed by atoms with Crippen LogP contribution in [0.3, 0.4) is 0 Å². The van der Waals surface area contributed by atoms with E-state index in [4.69, 9.17) is 15.2 Å². The average Bonchev–Trinajstić information content (AvgIpc) is 2.36. The van der Waals surface area contributed by atoms with E-state index in [1.165, 1.54) is 11.1 Å². The van der Waals surface area contributed by atoms with E-state index in [1.54, 1.807) is 14.2 Å². The van der Waals surface area contributed by atoms with Crippen LogP contribution >= 0.6 is 15.9 Å². The van der Waals surface area contributed by atoms with E-state index in [0.29, 0.717) is 18.4 Å². The number of halogens is 1. The Morgan fingerprint density at radius 3 is 2.16 bits per heavy atom. The molecule has 1 aromatic carbocycles. The van der Waals surface area contributed by atoms with Crippen LogP contribution in [0.15, 0.2) is 10.5 Å². The summed E-state index contributed by atoms with van der Waals surface area (Å²) in [6, 6.07) is 2.14. The Bertz CT molecular complexity index is 433. The van der Waals surface area contributed by atoms with E-state index in [9.17, 15) is 0 Å². The van der Waals surface area contributed by atoms with Crippen molar-refractivity contribution in [1.29, 1.82) is 0 Å². The van der Waals surface area contributed by atoms with Gasteiger partial charge in [0.05, 0.1) is 18.7 Å². The van der Waals surface area contributed by atoms with E-state index in [1.807, 2.05) is 0 Å². The lowest BCUT2D eigenvalue weighted by Gasteiger charge is -2.24. The van der Waals surface area contributed by atoms with Gasteiger partial charge in [0.25, 0.3) is 0 Å². The first-order valence-electron chi connectivity index (χ1n) is 6.62. The summed E-state index contributed by atoms with van der Waals surface area (Å²) >= 11 is 3.57. The van der Waals surface area contributed by atoms with Gasteiger partial charge in [0, 0.05) is 5.56 Å². The first kappa shape index (κ1) is 16.3. The molecule has 4 heteroatoms. The van der Waals surface area contributed by atoms with Crippen LogP contribution in [0, 0.1) is 0 Å². The Balaban J connectivity index is 3.49. The molecule has 0 radical (unpaired) electrons. The van der Waals surface area contributed by atoms with Crippen molar-refractivity contribution in [3.05, 3.63) is 21.7 Å². The highest BCUT2D eigenvalue weighted by Gasteiger charge is 2.23. The smallest absolute Gasteiger partial charge is 0.175 e. The molecule has 1 atom stereocenters. The Morgan fingerprint density at radius 1 is 1.16 bits per heavy atom. The second-order valence-electron chi connectivity index (χ2n) is 5.06. The maximum absolute atomic E-state index is 5.69. The molecule has 0 aliphatic rings. The van der Waals surface area contributed by atoms with Crippen LogP contribution in [-0.2, 0) is 0 Å². The summed E-state index contributed by atoms with van der Waals surface area (Å²) in [4.78, 5) is 0. The topological polar surface area (TPSA) is 44.5 Å². The molecular weight excluding hydrogens is 306 g/mol. The van der Waals surface area contributed by atoms with Gasteiger partial charge in [-0.15, -0.1) is 0 Å². The number of benzene rings is 1. The number of ether oxygens (including phenoxy) is 2. The number of nitrogens with two attached hydrogens (primary N) is 1. The van der Waals surface area contributed by atoms with Gasteiger partial charge in [0.1, 0.15) is 0 Å². The molecule has 0 saturated carbocycles.